The Morgan fingerprint density at radius 3 is 0.664 bits per heavy atom. The second-order valence-corrected chi connectivity index (χ2v) is 37.1. The van der Waals surface area contributed by atoms with Gasteiger partial charge in [0.25, 0.3) is 0 Å². The molecule has 0 aliphatic rings. The summed E-state index contributed by atoms with van der Waals surface area (Å²) in [5.74, 6) is 2.96. The number of benzene rings is 9. The smallest absolute Gasteiger partial charge is 0.338 e. The molecule has 0 heterocycles. The van der Waals surface area contributed by atoms with E-state index in [9.17, 15) is 14.4 Å². The zero-order chi connectivity index (χ0) is 86.2. The lowest BCUT2D eigenvalue weighted by atomic mass is 10.0. The summed E-state index contributed by atoms with van der Waals surface area (Å²) in [6, 6.07) is 81.9. The number of hydrogen-bond acceptors (Lipinski definition) is 9. The molecular formula is C113H154O6S3. The summed E-state index contributed by atoms with van der Waals surface area (Å²) in [4.78, 5) is 43.1. The number of esters is 3. The molecule has 3 atom stereocenters. The monoisotopic (exact) mass is 1700 g/mol. The van der Waals surface area contributed by atoms with Crippen molar-refractivity contribution in [1.82, 2.24) is 0 Å². The highest BCUT2D eigenvalue weighted by molar-refractivity contribution is 7.99. The summed E-state index contributed by atoms with van der Waals surface area (Å²) < 4.78 is 18.2. The van der Waals surface area contributed by atoms with Gasteiger partial charge in [0.15, 0.2) is 0 Å². The molecule has 0 amide bonds. The second kappa shape index (κ2) is 66.0. The van der Waals surface area contributed by atoms with Crippen molar-refractivity contribution in [3.63, 3.8) is 0 Å². The molecule has 9 aromatic rings. The van der Waals surface area contributed by atoms with Crippen LogP contribution in [0.1, 0.15) is 353 Å². The standard InChI is InChI=1S/C41H58O2S.C40H56O2S.C32H40O2S/c1-3-5-7-9-11-12-14-19-34-44-40-32-30-37(31-33-40)36-26-28-38(29-27-36)41(42)43-39(24-18-13-10-8-6-4-2)25-20-23-35-21-16-15-17-22-35;1-3-5-7-9-11-13-18-33-43-39-31-29-36(30-32-39)35-25-27-37(28-26-35)40(41)42-38(23-17-12-10-8-6-4-2)24-19-22-34-20-15-14-16-21-34;1-3-5-10-25-35-31-23-21-28(22-24-31)27-17-19-29(20-18-27)32(33)34-30(15-6-4-2)16-11-14-26-12-8-7-9-13-26/h15-17,21-22,26-33,39H,3-14,18-20,23-25,34H2,1-2H3;14-16,20-21,25-32,38H,3-13,17-19,22-24,33H2,1-2H3;7-9,12-13,17-24,30H,3-6,10-11,14-16,25H2,1-2H3. The summed E-state index contributed by atoms with van der Waals surface area (Å²) in [6.07, 6.45) is 53.1. The van der Waals surface area contributed by atoms with Gasteiger partial charge in [-0.3, -0.25) is 0 Å². The molecule has 9 rings (SSSR count). The molecule has 0 N–H and O–H groups in total. The van der Waals surface area contributed by atoms with E-state index in [2.05, 4.69) is 224 Å². The van der Waals surface area contributed by atoms with Crippen LogP contribution in [0.5, 0.6) is 0 Å². The van der Waals surface area contributed by atoms with Gasteiger partial charge in [-0.05, 0) is 249 Å². The number of thioether (sulfide) groups is 3. The molecule has 0 spiro atoms. The van der Waals surface area contributed by atoms with Gasteiger partial charge in [-0.2, -0.15) is 0 Å². The van der Waals surface area contributed by atoms with E-state index in [0.717, 1.165) is 119 Å². The van der Waals surface area contributed by atoms with Crippen LogP contribution >= 0.6 is 35.3 Å². The van der Waals surface area contributed by atoms with Gasteiger partial charge in [0.05, 0.1) is 16.7 Å². The molecule has 0 saturated heterocycles. The van der Waals surface area contributed by atoms with Crippen LogP contribution in [0.3, 0.4) is 0 Å². The fraction of sp³-hybridized carbons (Fsp3) is 0.496. The highest BCUT2D eigenvalue weighted by Crippen LogP contribution is 2.32. The predicted molar refractivity (Wildman–Crippen MR) is 529 cm³/mol. The van der Waals surface area contributed by atoms with Crippen LogP contribution in [0.15, 0.2) is 251 Å². The van der Waals surface area contributed by atoms with Crippen LogP contribution in [0.25, 0.3) is 33.4 Å². The van der Waals surface area contributed by atoms with E-state index in [1.165, 1.54) is 245 Å². The van der Waals surface area contributed by atoms with Gasteiger partial charge in [0.1, 0.15) is 18.3 Å². The van der Waals surface area contributed by atoms with Gasteiger partial charge in [-0.15, -0.1) is 35.3 Å². The van der Waals surface area contributed by atoms with Gasteiger partial charge < -0.3 is 14.2 Å². The molecular weight excluding hydrogens is 1550 g/mol. The number of hydrogen-bond donors (Lipinski definition) is 0. The maximum atomic E-state index is 13.2. The molecule has 122 heavy (non-hydrogen) atoms. The first-order chi connectivity index (χ1) is 60.1. The zero-order valence-corrected chi connectivity index (χ0v) is 78.6. The average Bonchev–Trinajstić information content (AvgIpc) is 0.851. The summed E-state index contributed by atoms with van der Waals surface area (Å²) in [7, 11) is 0. The minimum absolute atomic E-state index is 0.0202. The van der Waals surface area contributed by atoms with Crippen LogP contribution in [-0.4, -0.2) is 53.5 Å². The zero-order valence-electron chi connectivity index (χ0n) is 76.2. The van der Waals surface area contributed by atoms with Gasteiger partial charge >= 0.3 is 17.9 Å². The first-order valence-electron chi connectivity index (χ1n) is 48.3. The molecule has 9 aromatic carbocycles. The topological polar surface area (TPSA) is 78.9 Å². The van der Waals surface area contributed by atoms with E-state index in [0.29, 0.717) is 16.7 Å². The van der Waals surface area contributed by atoms with Crippen LogP contribution in [0.4, 0.5) is 0 Å². The molecule has 0 bridgehead atoms. The number of ether oxygens (including phenoxy) is 3. The maximum Gasteiger partial charge on any atom is 0.338 e. The van der Waals surface area contributed by atoms with E-state index in [1.54, 1.807) is 0 Å². The number of carbonyl (C=O) groups is 3. The molecule has 3 unspecified atom stereocenters. The first kappa shape index (κ1) is 102. The third-order valence-corrected chi connectivity index (χ3v) is 26.5. The van der Waals surface area contributed by atoms with Crippen molar-refractivity contribution >= 4 is 53.2 Å². The largest absolute Gasteiger partial charge is 0.459 e. The molecule has 0 aliphatic carbocycles. The van der Waals surface area contributed by atoms with Crippen LogP contribution in [-0.2, 0) is 33.5 Å². The van der Waals surface area contributed by atoms with E-state index < -0.39 is 0 Å². The molecule has 0 aromatic heterocycles. The Morgan fingerprint density at radius 2 is 0.410 bits per heavy atom. The van der Waals surface area contributed by atoms with Crippen molar-refractivity contribution in [1.29, 1.82) is 0 Å². The van der Waals surface area contributed by atoms with E-state index in [4.69, 9.17) is 14.2 Å². The van der Waals surface area contributed by atoms with Crippen molar-refractivity contribution in [3.05, 3.63) is 270 Å². The molecule has 0 saturated carbocycles. The van der Waals surface area contributed by atoms with Crippen molar-refractivity contribution < 1.29 is 28.6 Å². The fourth-order valence-electron chi connectivity index (χ4n) is 15.6. The Kier molecular flexibility index (Phi) is 54.9. The lowest BCUT2D eigenvalue weighted by Crippen LogP contribution is -2.19. The molecule has 6 nitrogen and oxygen atoms in total. The highest BCUT2D eigenvalue weighted by Gasteiger charge is 2.21. The van der Waals surface area contributed by atoms with Gasteiger partial charge in [0, 0.05) is 14.7 Å². The maximum absolute atomic E-state index is 13.2. The highest BCUT2D eigenvalue weighted by atomic mass is 32.2. The Balaban J connectivity index is 0.000000254. The van der Waals surface area contributed by atoms with Crippen molar-refractivity contribution in [2.24, 2.45) is 0 Å². The molecule has 0 aliphatic heterocycles. The molecule has 9 heteroatoms. The lowest BCUT2D eigenvalue weighted by Gasteiger charge is -2.18. The minimum Gasteiger partial charge on any atom is -0.459 e. The lowest BCUT2D eigenvalue weighted by molar-refractivity contribution is 0.0241. The number of unbranched alkanes of at least 4 members (excludes halogenated alkanes) is 26. The predicted octanol–water partition coefficient (Wildman–Crippen LogP) is 34.8. The van der Waals surface area contributed by atoms with Crippen molar-refractivity contribution in [2.45, 2.75) is 357 Å². The Morgan fingerprint density at radius 1 is 0.213 bits per heavy atom. The van der Waals surface area contributed by atoms with E-state index >= 15 is 0 Å². The van der Waals surface area contributed by atoms with E-state index in [1.807, 2.05) is 89.9 Å². The quantitative estimate of drug-likeness (QED) is 0.0160. The third kappa shape index (κ3) is 44.4. The van der Waals surface area contributed by atoms with Gasteiger partial charge in [-0.1, -0.05) is 379 Å². The number of carbonyl (C=O) groups excluding carboxylic acids is 3. The van der Waals surface area contributed by atoms with Crippen LogP contribution < -0.4 is 0 Å². The third-order valence-electron chi connectivity index (χ3n) is 23.2. The van der Waals surface area contributed by atoms with Gasteiger partial charge in [-0.25, -0.2) is 14.4 Å². The minimum atomic E-state index is -0.212. The summed E-state index contributed by atoms with van der Waals surface area (Å²) >= 11 is 5.84. The Labute approximate surface area is 754 Å². The normalized spacial score (nSPS) is 11.9. The van der Waals surface area contributed by atoms with Crippen molar-refractivity contribution in [2.75, 3.05) is 17.3 Å². The second-order valence-electron chi connectivity index (χ2n) is 33.6. The molecule has 0 radical (unpaired) electrons. The average molecular weight is 1700 g/mol. The SMILES string of the molecule is CCCCCCCCCCSc1ccc(-c2ccc(C(=O)OC(CCCCCCCC)CCCc3ccccc3)cc2)cc1.CCCCCCCCCSc1ccc(-c2ccc(C(=O)OC(CCCCCCCC)CCCc3ccccc3)cc2)cc1.CCCCCSc1ccc(-c2ccc(C(=O)OC(CCCC)CCCc3ccccc3)cc2)cc1. The Bertz CT molecular complexity index is 4060. The number of rotatable bonds is 62. The molecule has 0 fully saturated rings. The van der Waals surface area contributed by atoms with Crippen LogP contribution in [0.2, 0.25) is 0 Å². The Hall–Kier alpha value is -7.56. The summed E-state index contributed by atoms with van der Waals surface area (Å²) in [5.41, 5.74) is 12.9. The number of aryl methyl sites for hydroxylation is 3. The molecule has 660 valence electrons. The first-order valence-corrected chi connectivity index (χ1v) is 51.3. The summed E-state index contributed by atoms with van der Waals surface area (Å²) in [6.45, 7) is 13.5. The van der Waals surface area contributed by atoms with Crippen LogP contribution in [0, 0.1) is 0 Å². The van der Waals surface area contributed by atoms with Crippen molar-refractivity contribution in [3.8, 4) is 33.4 Å². The summed E-state index contributed by atoms with van der Waals surface area (Å²) in [5, 5.41) is 0. The fourth-order valence-corrected chi connectivity index (χ4v) is 18.3. The van der Waals surface area contributed by atoms with E-state index in [-0.39, 0.29) is 36.2 Å². The van der Waals surface area contributed by atoms with Gasteiger partial charge in [0.2, 0.25) is 0 Å².